The molecule has 96 valence electrons. The van der Waals surface area contributed by atoms with E-state index in [0.29, 0.717) is 5.41 Å². The lowest BCUT2D eigenvalue weighted by atomic mass is 9.86. The van der Waals surface area contributed by atoms with Crippen LogP contribution in [0.5, 0.6) is 0 Å². The molecule has 0 amide bonds. The highest BCUT2D eigenvalue weighted by molar-refractivity contribution is 5.53. The van der Waals surface area contributed by atoms with Crippen LogP contribution in [0.3, 0.4) is 0 Å². The molecular weight excluding hydrogens is 206 g/mol. The number of hydrogen-bond donors (Lipinski definition) is 1. The summed E-state index contributed by atoms with van der Waals surface area (Å²) in [5.41, 5.74) is 4.50. The summed E-state index contributed by atoms with van der Waals surface area (Å²) < 4.78 is 0. The molecule has 1 rings (SSSR count). The number of rotatable bonds is 2. The molecule has 0 spiro atoms. The van der Waals surface area contributed by atoms with Gasteiger partial charge in [-0.05, 0) is 34.9 Å². The third kappa shape index (κ3) is 4.41. The molecule has 0 bridgehead atoms. The van der Waals surface area contributed by atoms with Crippen LogP contribution in [0, 0.1) is 12.3 Å². The zero-order valence-electron chi connectivity index (χ0n) is 12.4. The second kappa shape index (κ2) is 4.72. The van der Waals surface area contributed by atoms with Gasteiger partial charge < -0.3 is 5.32 Å². The van der Waals surface area contributed by atoms with Crippen LogP contribution in [0.2, 0.25) is 0 Å². The van der Waals surface area contributed by atoms with Crippen LogP contribution in [0.4, 0.5) is 5.69 Å². The molecule has 0 unspecified atom stereocenters. The largest absolute Gasteiger partial charge is 0.384 e. The SMILES string of the molecule is Cc1ccc(C(C)(C)C)cc1NCC(C)(C)C. The number of anilines is 1. The van der Waals surface area contributed by atoms with E-state index in [-0.39, 0.29) is 5.41 Å². The summed E-state index contributed by atoms with van der Waals surface area (Å²) in [4.78, 5) is 0. The minimum absolute atomic E-state index is 0.214. The van der Waals surface area contributed by atoms with Gasteiger partial charge in [0.25, 0.3) is 0 Å². The number of benzene rings is 1. The lowest BCUT2D eigenvalue weighted by Gasteiger charge is -2.24. The Morgan fingerprint density at radius 3 is 2.06 bits per heavy atom. The van der Waals surface area contributed by atoms with Gasteiger partial charge in [-0.2, -0.15) is 0 Å². The standard InChI is InChI=1S/C16H27N/c1-12-8-9-13(16(5,6)7)10-14(12)17-11-15(2,3)4/h8-10,17H,11H2,1-7H3. The lowest BCUT2D eigenvalue weighted by Crippen LogP contribution is -2.20. The molecule has 0 aliphatic heterocycles. The molecule has 0 aliphatic carbocycles. The summed E-state index contributed by atoms with van der Waals surface area (Å²) in [6.45, 7) is 16.7. The van der Waals surface area contributed by atoms with Crippen molar-refractivity contribution in [3.63, 3.8) is 0 Å². The van der Waals surface area contributed by atoms with Crippen molar-refractivity contribution in [2.45, 2.75) is 53.9 Å². The van der Waals surface area contributed by atoms with Crippen molar-refractivity contribution >= 4 is 5.69 Å². The van der Waals surface area contributed by atoms with Crippen LogP contribution in [0.1, 0.15) is 52.7 Å². The maximum absolute atomic E-state index is 3.57. The Labute approximate surface area is 107 Å². The zero-order chi connectivity index (χ0) is 13.3. The first-order valence-corrected chi connectivity index (χ1v) is 6.45. The quantitative estimate of drug-likeness (QED) is 0.777. The summed E-state index contributed by atoms with van der Waals surface area (Å²) >= 11 is 0. The van der Waals surface area contributed by atoms with Gasteiger partial charge in [0.1, 0.15) is 0 Å². The normalized spacial score (nSPS) is 12.6. The first-order valence-electron chi connectivity index (χ1n) is 6.45. The van der Waals surface area contributed by atoms with Crippen LogP contribution in [0.15, 0.2) is 18.2 Å². The Balaban J connectivity index is 2.92. The summed E-state index contributed by atoms with van der Waals surface area (Å²) in [5, 5.41) is 3.57. The molecule has 1 aromatic rings. The monoisotopic (exact) mass is 233 g/mol. The fraction of sp³-hybridized carbons (Fsp3) is 0.625. The van der Waals surface area contributed by atoms with Gasteiger partial charge in [0.15, 0.2) is 0 Å². The Morgan fingerprint density at radius 1 is 1.00 bits per heavy atom. The molecular formula is C16H27N. The van der Waals surface area contributed by atoms with E-state index in [1.54, 1.807) is 0 Å². The highest BCUT2D eigenvalue weighted by Gasteiger charge is 2.15. The van der Waals surface area contributed by atoms with E-state index >= 15 is 0 Å². The Kier molecular flexibility index (Phi) is 3.91. The first-order chi connectivity index (χ1) is 7.59. The van der Waals surface area contributed by atoms with Crippen LogP contribution in [-0.4, -0.2) is 6.54 Å². The fourth-order valence-electron chi connectivity index (χ4n) is 1.64. The highest BCUT2D eigenvalue weighted by atomic mass is 14.9. The van der Waals surface area contributed by atoms with Crippen LogP contribution in [-0.2, 0) is 5.41 Å². The van der Waals surface area contributed by atoms with Crippen LogP contribution in [0.25, 0.3) is 0 Å². The summed E-state index contributed by atoms with van der Waals surface area (Å²) in [6, 6.07) is 6.74. The van der Waals surface area contributed by atoms with Gasteiger partial charge in [-0.1, -0.05) is 53.7 Å². The minimum Gasteiger partial charge on any atom is -0.384 e. The second-order valence-electron chi connectivity index (χ2n) is 7.19. The topological polar surface area (TPSA) is 12.0 Å². The van der Waals surface area contributed by atoms with Gasteiger partial charge in [-0.25, -0.2) is 0 Å². The van der Waals surface area contributed by atoms with Gasteiger partial charge in [-0.3, -0.25) is 0 Å². The second-order valence-corrected chi connectivity index (χ2v) is 7.19. The third-order valence-electron chi connectivity index (χ3n) is 2.91. The number of aryl methyl sites for hydroxylation is 1. The van der Waals surface area contributed by atoms with E-state index in [1.165, 1.54) is 16.8 Å². The van der Waals surface area contributed by atoms with E-state index in [9.17, 15) is 0 Å². The molecule has 0 heterocycles. The molecule has 1 nitrogen and oxygen atoms in total. The molecule has 1 heteroatoms. The lowest BCUT2D eigenvalue weighted by molar-refractivity contribution is 0.443. The Hall–Kier alpha value is -0.980. The van der Waals surface area contributed by atoms with Crippen molar-refractivity contribution in [1.29, 1.82) is 0 Å². The molecule has 0 atom stereocenters. The maximum Gasteiger partial charge on any atom is 0.0373 e. The molecule has 1 aromatic carbocycles. The Bertz CT molecular complexity index is 377. The molecule has 0 saturated heterocycles. The average molecular weight is 233 g/mol. The molecule has 0 saturated carbocycles. The highest BCUT2D eigenvalue weighted by Crippen LogP contribution is 2.27. The molecule has 0 fully saturated rings. The van der Waals surface area contributed by atoms with Crippen LogP contribution < -0.4 is 5.32 Å². The van der Waals surface area contributed by atoms with Crippen molar-refractivity contribution in [3.05, 3.63) is 29.3 Å². The molecule has 0 aromatic heterocycles. The predicted molar refractivity (Wildman–Crippen MR) is 77.8 cm³/mol. The van der Waals surface area contributed by atoms with Gasteiger partial charge in [0.05, 0.1) is 0 Å². The van der Waals surface area contributed by atoms with Gasteiger partial charge in [0, 0.05) is 12.2 Å². The van der Waals surface area contributed by atoms with Crippen molar-refractivity contribution in [2.75, 3.05) is 11.9 Å². The van der Waals surface area contributed by atoms with Crippen molar-refractivity contribution < 1.29 is 0 Å². The maximum atomic E-state index is 3.57. The number of nitrogens with one attached hydrogen (secondary N) is 1. The molecule has 0 radical (unpaired) electrons. The smallest absolute Gasteiger partial charge is 0.0373 e. The van der Waals surface area contributed by atoms with E-state index in [1.807, 2.05) is 0 Å². The van der Waals surface area contributed by atoms with Crippen LogP contribution >= 0.6 is 0 Å². The summed E-state index contributed by atoms with van der Waals surface area (Å²) in [7, 11) is 0. The molecule has 0 aliphatic rings. The summed E-state index contributed by atoms with van der Waals surface area (Å²) in [5.74, 6) is 0. The van der Waals surface area contributed by atoms with E-state index < -0.39 is 0 Å². The summed E-state index contributed by atoms with van der Waals surface area (Å²) in [6.07, 6.45) is 0. The van der Waals surface area contributed by atoms with Crippen molar-refractivity contribution in [1.82, 2.24) is 0 Å². The third-order valence-corrected chi connectivity index (χ3v) is 2.91. The fourth-order valence-corrected chi connectivity index (χ4v) is 1.64. The predicted octanol–water partition coefficient (Wildman–Crippen LogP) is 4.75. The average Bonchev–Trinajstić information content (AvgIpc) is 2.13. The molecule has 1 N–H and O–H groups in total. The number of hydrogen-bond acceptors (Lipinski definition) is 1. The minimum atomic E-state index is 0.214. The molecule has 17 heavy (non-hydrogen) atoms. The van der Waals surface area contributed by atoms with E-state index in [4.69, 9.17) is 0 Å². The van der Waals surface area contributed by atoms with Crippen molar-refractivity contribution in [3.8, 4) is 0 Å². The Morgan fingerprint density at radius 2 is 1.59 bits per heavy atom. The van der Waals surface area contributed by atoms with Gasteiger partial charge >= 0.3 is 0 Å². The zero-order valence-corrected chi connectivity index (χ0v) is 12.4. The van der Waals surface area contributed by atoms with E-state index in [2.05, 4.69) is 72.0 Å². The van der Waals surface area contributed by atoms with Crippen molar-refractivity contribution in [2.24, 2.45) is 5.41 Å². The first kappa shape index (κ1) is 14.1. The van der Waals surface area contributed by atoms with Gasteiger partial charge in [0.2, 0.25) is 0 Å². The van der Waals surface area contributed by atoms with Gasteiger partial charge in [-0.15, -0.1) is 0 Å². The van der Waals surface area contributed by atoms with E-state index in [0.717, 1.165) is 6.54 Å².